The van der Waals surface area contributed by atoms with Gasteiger partial charge in [0.1, 0.15) is 5.69 Å². The monoisotopic (exact) mass is 222 g/mol. The maximum atomic E-state index is 12.0. The molecule has 0 aliphatic carbocycles. The van der Waals surface area contributed by atoms with Crippen molar-refractivity contribution in [3.8, 4) is 0 Å². The van der Waals surface area contributed by atoms with Crippen LogP contribution in [-0.4, -0.2) is 28.8 Å². The molecule has 1 atom stereocenters. The third-order valence-electron chi connectivity index (χ3n) is 2.94. The summed E-state index contributed by atoms with van der Waals surface area (Å²) in [6.07, 6.45) is 4.30. The summed E-state index contributed by atoms with van der Waals surface area (Å²) >= 11 is 0. The van der Waals surface area contributed by atoms with E-state index in [0.29, 0.717) is 12.3 Å². The van der Waals surface area contributed by atoms with E-state index in [4.69, 9.17) is 4.74 Å². The Morgan fingerprint density at radius 2 is 2.56 bits per heavy atom. The zero-order valence-electron chi connectivity index (χ0n) is 9.69. The number of carbonyl (C=O) groups excluding carboxylic acids is 1. The Balaban J connectivity index is 1.99. The number of ketones is 1. The van der Waals surface area contributed by atoms with E-state index in [1.165, 1.54) is 0 Å². The van der Waals surface area contributed by atoms with Crippen LogP contribution in [0.1, 0.15) is 36.7 Å². The minimum absolute atomic E-state index is 0.196. The van der Waals surface area contributed by atoms with Gasteiger partial charge < -0.3 is 4.74 Å². The number of hydrogen-bond donors (Lipinski definition) is 0. The summed E-state index contributed by atoms with van der Waals surface area (Å²) in [6, 6.07) is 1.81. The molecule has 0 aromatic carbocycles. The molecule has 16 heavy (non-hydrogen) atoms. The number of hydrogen-bond acceptors (Lipinski definition) is 3. The Morgan fingerprint density at radius 1 is 1.69 bits per heavy atom. The molecule has 1 fully saturated rings. The van der Waals surface area contributed by atoms with Gasteiger partial charge in [-0.2, -0.15) is 5.10 Å². The Hall–Kier alpha value is -1.16. The van der Waals surface area contributed by atoms with Gasteiger partial charge in [-0.25, -0.2) is 0 Å². The predicted molar refractivity (Wildman–Crippen MR) is 60.4 cm³/mol. The Labute approximate surface area is 95.6 Å². The van der Waals surface area contributed by atoms with Crippen LogP contribution >= 0.6 is 0 Å². The normalized spacial score (nSPS) is 20.2. The average molecular weight is 222 g/mol. The van der Waals surface area contributed by atoms with Crippen molar-refractivity contribution in [2.24, 2.45) is 5.92 Å². The zero-order chi connectivity index (χ0) is 11.4. The zero-order valence-corrected chi connectivity index (χ0v) is 9.69. The standard InChI is InChI=1S/C12H18N2O2/c1-2-6-14-11(3-5-13-14)12(15)8-10-4-7-16-9-10/h3,5,10H,2,4,6-9H2,1H3. The second kappa shape index (κ2) is 5.25. The predicted octanol–water partition coefficient (Wildman–Crippen LogP) is 1.90. The van der Waals surface area contributed by atoms with Crippen LogP contribution < -0.4 is 0 Å². The van der Waals surface area contributed by atoms with Crippen molar-refractivity contribution in [2.75, 3.05) is 13.2 Å². The summed E-state index contributed by atoms with van der Waals surface area (Å²) in [5.74, 6) is 0.596. The van der Waals surface area contributed by atoms with Gasteiger partial charge >= 0.3 is 0 Å². The lowest BCUT2D eigenvalue weighted by Crippen LogP contribution is -2.14. The highest BCUT2D eigenvalue weighted by molar-refractivity contribution is 5.94. The number of nitrogens with zero attached hydrogens (tertiary/aromatic N) is 2. The first-order valence-corrected chi connectivity index (χ1v) is 5.94. The molecular weight excluding hydrogens is 204 g/mol. The fraction of sp³-hybridized carbons (Fsp3) is 0.667. The highest BCUT2D eigenvalue weighted by atomic mass is 16.5. The summed E-state index contributed by atoms with van der Waals surface area (Å²) in [5.41, 5.74) is 0.744. The molecule has 0 amide bonds. The van der Waals surface area contributed by atoms with E-state index in [9.17, 15) is 4.79 Å². The van der Waals surface area contributed by atoms with E-state index in [0.717, 1.165) is 38.3 Å². The summed E-state index contributed by atoms with van der Waals surface area (Å²) in [5, 5.41) is 4.17. The van der Waals surface area contributed by atoms with Gasteiger partial charge in [0.05, 0.1) is 0 Å². The molecule has 88 valence electrons. The maximum Gasteiger partial charge on any atom is 0.181 e. The van der Waals surface area contributed by atoms with Crippen molar-refractivity contribution in [1.82, 2.24) is 9.78 Å². The molecule has 1 aliphatic rings. The minimum Gasteiger partial charge on any atom is -0.381 e. The summed E-state index contributed by atoms with van der Waals surface area (Å²) in [7, 11) is 0. The van der Waals surface area contributed by atoms with Crippen LogP contribution in [0.5, 0.6) is 0 Å². The summed E-state index contributed by atoms with van der Waals surface area (Å²) in [4.78, 5) is 12.0. The number of aryl methyl sites for hydroxylation is 1. The Morgan fingerprint density at radius 3 is 3.25 bits per heavy atom. The summed E-state index contributed by atoms with van der Waals surface area (Å²) < 4.78 is 7.08. The quantitative estimate of drug-likeness (QED) is 0.715. The summed E-state index contributed by atoms with van der Waals surface area (Å²) in [6.45, 7) is 4.43. The van der Waals surface area contributed by atoms with Crippen molar-refractivity contribution in [3.63, 3.8) is 0 Å². The molecule has 1 unspecified atom stereocenters. The number of ether oxygens (including phenoxy) is 1. The van der Waals surface area contributed by atoms with Crippen molar-refractivity contribution in [2.45, 2.75) is 32.7 Å². The second-order valence-corrected chi connectivity index (χ2v) is 4.30. The molecule has 1 aliphatic heterocycles. The molecule has 1 aromatic heterocycles. The SMILES string of the molecule is CCCn1nccc1C(=O)CC1CCOC1. The molecule has 0 spiro atoms. The highest BCUT2D eigenvalue weighted by Gasteiger charge is 2.21. The number of Topliss-reactive ketones (excluding diaryl/α,β-unsaturated/α-hetero) is 1. The lowest BCUT2D eigenvalue weighted by Gasteiger charge is -2.08. The molecule has 1 saturated heterocycles. The Kier molecular flexibility index (Phi) is 3.72. The van der Waals surface area contributed by atoms with E-state index in [1.54, 1.807) is 10.9 Å². The first kappa shape index (κ1) is 11.3. The second-order valence-electron chi connectivity index (χ2n) is 4.30. The molecule has 1 aromatic rings. The number of carbonyl (C=O) groups is 1. The third-order valence-corrected chi connectivity index (χ3v) is 2.94. The first-order chi connectivity index (χ1) is 7.81. The smallest absolute Gasteiger partial charge is 0.181 e. The van der Waals surface area contributed by atoms with Gasteiger partial charge in [-0.1, -0.05) is 6.92 Å². The van der Waals surface area contributed by atoms with E-state index < -0.39 is 0 Å². The van der Waals surface area contributed by atoms with Gasteiger partial charge in [0.15, 0.2) is 5.78 Å². The van der Waals surface area contributed by atoms with Crippen LogP contribution in [0.25, 0.3) is 0 Å². The van der Waals surface area contributed by atoms with Crippen molar-refractivity contribution < 1.29 is 9.53 Å². The Bertz CT molecular complexity index is 354. The van der Waals surface area contributed by atoms with E-state index >= 15 is 0 Å². The van der Waals surface area contributed by atoms with Crippen molar-refractivity contribution in [3.05, 3.63) is 18.0 Å². The topological polar surface area (TPSA) is 44.1 Å². The van der Waals surface area contributed by atoms with Crippen molar-refractivity contribution >= 4 is 5.78 Å². The van der Waals surface area contributed by atoms with Gasteiger partial charge in [0.25, 0.3) is 0 Å². The lowest BCUT2D eigenvalue weighted by molar-refractivity contribution is 0.0942. The minimum atomic E-state index is 0.196. The van der Waals surface area contributed by atoms with Gasteiger partial charge in [0, 0.05) is 32.4 Å². The van der Waals surface area contributed by atoms with Crippen LogP contribution in [0.15, 0.2) is 12.3 Å². The molecule has 0 radical (unpaired) electrons. The molecule has 0 N–H and O–H groups in total. The van der Waals surface area contributed by atoms with Crippen molar-refractivity contribution in [1.29, 1.82) is 0 Å². The number of aromatic nitrogens is 2. The highest BCUT2D eigenvalue weighted by Crippen LogP contribution is 2.19. The average Bonchev–Trinajstić information content (AvgIpc) is 2.89. The lowest BCUT2D eigenvalue weighted by atomic mass is 10.0. The molecule has 2 rings (SSSR count). The van der Waals surface area contributed by atoms with Gasteiger partial charge in [0.2, 0.25) is 0 Å². The number of rotatable bonds is 5. The third kappa shape index (κ3) is 2.50. The van der Waals surface area contributed by atoms with Crippen LogP contribution in [0, 0.1) is 5.92 Å². The molecule has 0 bridgehead atoms. The van der Waals surface area contributed by atoms with Crippen LogP contribution in [0.3, 0.4) is 0 Å². The molecule has 2 heterocycles. The van der Waals surface area contributed by atoms with Gasteiger partial charge in [-0.05, 0) is 24.8 Å². The first-order valence-electron chi connectivity index (χ1n) is 5.94. The molecule has 4 nitrogen and oxygen atoms in total. The van der Waals surface area contributed by atoms with E-state index in [2.05, 4.69) is 12.0 Å². The van der Waals surface area contributed by atoms with Crippen LogP contribution in [-0.2, 0) is 11.3 Å². The fourth-order valence-corrected chi connectivity index (χ4v) is 2.07. The fourth-order valence-electron chi connectivity index (χ4n) is 2.07. The maximum absolute atomic E-state index is 12.0. The largest absolute Gasteiger partial charge is 0.381 e. The molecule has 0 saturated carbocycles. The van der Waals surface area contributed by atoms with E-state index in [-0.39, 0.29) is 5.78 Å². The van der Waals surface area contributed by atoms with Gasteiger partial charge in [-0.15, -0.1) is 0 Å². The van der Waals surface area contributed by atoms with Crippen LogP contribution in [0.2, 0.25) is 0 Å². The molecular formula is C12H18N2O2. The van der Waals surface area contributed by atoms with Gasteiger partial charge in [-0.3, -0.25) is 9.48 Å². The molecule has 4 heteroatoms. The van der Waals surface area contributed by atoms with Crippen LogP contribution in [0.4, 0.5) is 0 Å². The van der Waals surface area contributed by atoms with E-state index in [1.807, 2.05) is 6.07 Å².